The molecule has 2 atom stereocenters. The number of carbonyl (C=O) groups is 3. The monoisotopic (exact) mass is 1050 g/mol. The van der Waals surface area contributed by atoms with Gasteiger partial charge in [0.1, 0.15) is 13.2 Å². The van der Waals surface area contributed by atoms with Crippen LogP contribution in [0.4, 0.5) is 0 Å². The highest BCUT2D eigenvalue weighted by atomic mass is 16.6. The minimum absolute atomic E-state index is 0.0608. The number of hydrogen-bond donors (Lipinski definition) is 0. The summed E-state index contributed by atoms with van der Waals surface area (Å²) in [6.45, 7) is 9.14. The highest BCUT2D eigenvalue weighted by Gasteiger charge is 2.19. The second-order valence-electron chi connectivity index (χ2n) is 23.7. The van der Waals surface area contributed by atoms with Crippen molar-refractivity contribution < 1.29 is 28.6 Å². The SMILES string of the molecule is CCCCCCCCCCCCCCCCCCCCCC(=O)O[C@H](COC(=O)CCCCCCCCCCCCCCCCC)COC(=O)CCCCCCCCCCCCCCCCCCCCC(C)CC. The number of unbranched alkanes of at least 4 members (excludes halogenated alkanes) is 49. The van der Waals surface area contributed by atoms with Crippen LogP contribution in [0.5, 0.6) is 0 Å². The Morgan fingerprint density at radius 1 is 0.270 bits per heavy atom. The first kappa shape index (κ1) is 72.4. The molecular formula is C68H132O6. The summed E-state index contributed by atoms with van der Waals surface area (Å²) in [5, 5.41) is 0. The Morgan fingerprint density at radius 2 is 0.473 bits per heavy atom. The van der Waals surface area contributed by atoms with Crippen molar-refractivity contribution >= 4 is 17.9 Å². The van der Waals surface area contributed by atoms with Gasteiger partial charge in [-0.2, -0.15) is 0 Å². The molecule has 0 aromatic heterocycles. The predicted molar refractivity (Wildman–Crippen MR) is 321 cm³/mol. The number of hydrogen-bond acceptors (Lipinski definition) is 6. The van der Waals surface area contributed by atoms with Crippen LogP contribution in [0.25, 0.3) is 0 Å². The van der Waals surface area contributed by atoms with E-state index in [0.29, 0.717) is 19.3 Å². The molecule has 0 saturated carbocycles. The van der Waals surface area contributed by atoms with Crippen molar-refractivity contribution in [2.24, 2.45) is 5.92 Å². The number of esters is 3. The summed E-state index contributed by atoms with van der Waals surface area (Å²) in [5.41, 5.74) is 0. The van der Waals surface area contributed by atoms with Gasteiger partial charge in [-0.25, -0.2) is 0 Å². The Balaban J connectivity index is 4.25. The molecule has 0 aliphatic rings. The van der Waals surface area contributed by atoms with E-state index in [0.717, 1.165) is 63.7 Å². The maximum absolute atomic E-state index is 12.9. The molecule has 0 fully saturated rings. The minimum Gasteiger partial charge on any atom is -0.462 e. The van der Waals surface area contributed by atoms with Crippen molar-refractivity contribution in [3.05, 3.63) is 0 Å². The van der Waals surface area contributed by atoms with Crippen LogP contribution in [-0.2, 0) is 28.6 Å². The molecule has 0 saturated heterocycles. The van der Waals surface area contributed by atoms with Crippen molar-refractivity contribution in [1.82, 2.24) is 0 Å². The van der Waals surface area contributed by atoms with Crippen LogP contribution in [0.3, 0.4) is 0 Å². The van der Waals surface area contributed by atoms with E-state index in [-0.39, 0.29) is 31.1 Å². The van der Waals surface area contributed by atoms with E-state index in [1.165, 1.54) is 289 Å². The fraction of sp³-hybridized carbons (Fsp3) is 0.956. The smallest absolute Gasteiger partial charge is 0.306 e. The minimum atomic E-state index is -0.763. The molecule has 6 nitrogen and oxygen atoms in total. The third kappa shape index (κ3) is 59.7. The van der Waals surface area contributed by atoms with Crippen molar-refractivity contribution in [1.29, 1.82) is 0 Å². The van der Waals surface area contributed by atoms with Gasteiger partial charge in [-0.05, 0) is 25.2 Å². The lowest BCUT2D eigenvalue weighted by Crippen LogP contribution is -2.30. The zero-order chi connectivity index (χ0) is 53.7. The van der Waals surface area contributed by atoms with E-state index in [2.05, 4.69) is 27.7 Å². The molecule has 74 heavy (non-hydrogen) atoms. The summed E-state index contributed by atoms with van der Waals surface area (Å²) in [7, 11) is 0. The Morgan fingerprint density at radius 3 is 0.703 bits per heavy atom. The molecule has 0 rings (SSSR count). The highest BCUT2D eigenvalue weighted by molar-refractivity contribution is 5.71. The molecule has 0 radical (unpaired) electrons. The Hall–Kier alpha value is -1.59. The molecular weight excluding hydrogens is 913 g/mol. The fourth-order valence-corrected chi connectivity index (χ4v) is 10.7. The van der Waals surface area contributed by atoms with Crippen molar-refractivity contribution in [3.8, 4) is 0 Å². The largest absolute Gasteiger partial charge is 0.462 e. The Kier molecular flexibility index (Phi) is 60.9. The van der Waals surface area contributed by atoms with Crippen LogP contribution in [0, 0.1) is 5.92 Å². The number of ether oxygens (including phenoxy) is 3. The van der Waals surface area contributed by atoms with Crippen molar-refractivity contribution in [3.63, 3.8) is 0 Å². The maximum atomic E-state index is 12.9. The van der Waals surface area contributed by atoms with E-state index in [4.69, 9.17) is 14.2 Å². The van der Waals surface area contributed by atoms with E-state index in [9.17, 15) is 14.4 Å². The third-order valence-electron chi connectivity index (χ3n) is 16.2. The van der Waals surface area contributed by atoms with E-state index in [1.807, 2.05) is 0 Å². The average Bonchev–Trinajstić information content (AvgIpc) is 3.40. The summed E-state index contributed by atoms with van der Waals surface area (Å²) in [4.78, 5) is 38.4. The van der Waals surface area contributed by atoms with E-state index >= 15 is 0 Å². The normalized spacial score (nSPS) is 12.3. The van der Waals surface area contributed by atoms with Gasteiger partial charge in [0.15, 0.2) is 6.10 Å². The Bertz CT molecular complexity index is 1120. The molecule has 0 spiro atoms. The van der Waals surface area contributed by atoms with E-state index < -0.39 is 6.10 Å². The van der Waals surface area contributed by atoms with Crippen molar-refractivity contribution in [2.75, 3.05) is 13.2 Å². The molecule has 0 aliphatic heterocycles. The van der Waals surface area contributed by atoms with Crippen LogP contribution < -0.4 is 0 Å². The fourth-order valence-electron chi connectivity index (χ4n) is 10.7. The van der Waals surface area contributed by atoms with Gasteiger partial charge in [-0.15, -0.1) is 0 Å². The first-order chi connectivity index (χ1) is 36.4. The van der Waals surface area contributed by atoms with Crippen LogP contribution in [0.15, 0.2) is 0 Å². The van der Waals surface area contributed by atoms with Crippen LogP contribution in [0.1, 0.15) is 394 Å². The van der Waals surface area contributed by atoms with Gasteiger partial charge in [0.25, 0.3) is 0 Å². The average molecular weight is 1050 g/mol. The van der Waals surface area contributed by atoms with Crippen molar-refractivity contribution in [2.45, 2.75) is 400 Å². The van der Waals surface area contributed by atoms with Gasteiger partial charge in [0.2, 0.25) is 0 Å². The molecule has 0 amide bonds. The maximum Gasteiger partial charge on any atom is 0.306 e. The second-order valence-corrected chi connectivity index (χ2v) is 23.7. The summed E-state index contributed by atoms with van der Waals surface area (Å²) >= 11 is 0. The lowest BCUT2D eigenvalue weighted by molar-refractivity contribution is -0.167. The van der Waals surface area contributed by atoms with Gasteiger partial charge >= 0.3 is 17.9 Å². The summed E-state index contributed by atoms with van der Waals surface area (Å²) in [5.74, 6) is 0.0870. The summed E-state index contributed by atoms with van der Waals surface area (Å²) in [6.07, 6.45) is 71.1. The lowest BCUT2D eigenvalue weighted by atomic mass is 9.99. The molecule has 0 aliphatic carbocycles. The molecule has 0 aromatic carbocycles. The predicted octanol–water partition coefficient (Wildman–Crippen LogP) is 22.9. The van der Waals surface area contributed by atoms with E-state index in [1.54, 1.807) is 0 Å². The van der Waals surface area contributed by atoms with Gasteiger partial charge in [0, 0.05) is 19.3 Å². The molecule has 0 N–H and O–H groups in total. The molecule has 440 valence electrons. The molecule has 1 unspecified atom stereocenters. The molecule has 0 heterocycles. The summed E-state index contributed by atoms with van der Waals surface area (Å²) in [6, 6.07) is 0. The van der Waals surface area contributed by atoms with Crippen LogP contribution >= 0.6 is 0 Å². The first-order valence-corrected chi connectivity index (χ1v) is 33.9. The zero-order valence-corrected chi connectivity index (χ0v) is 50.8. The van der Waals surface area contributed by atoms with Gasteiger partial charge in [-0.1, -0.05) is 355 Å². The molecule has 0 aromatic rings. The van der Waals surface area contributed by atoms with Crippen LogP contribution in [-0.4, -0.2) is 37.2 Å². The van der Waals surface area contributed by atoms with Gasteiger partial charge in [0.05, 0.1) is 0 Å². The molecule has 6 heteroatoms. The number of rotatable bonds is 63. The van der Waals surface area contributed by atoms with Gasteiger partial charge in [-0.3, -0.25) is 14.4 Å². The second kappa shape index (κ2) is 62.3. The number of carbonyl (C=O) groups excluding carboxylic acids is 3. The lowest BCUT2D eigenvalue weighted by Gasteiger charge is -2.18. The molecule has 0 bridgehead atoms. The highest BCUT2D eigenvalue weighted by Crippen LogP contribution is 2.20. The summed E-state index contributed by atoms with van der Waals surface area (Å²) < 4.78 is 17.0. The third-order valence-corrected chi connectivity index (χ3v) is 16.2. The standard InChI is InChI=1S/C68H132O6/c1-5-8-10-12-14-16-18-20-22-23-24-29-33-37-41-45-49-53-57-61-68(71)74-65(62-72-66(69)59-55-51-47-43-39-35-30-21-19-17-15-13-11-9-6-2)63-73-67(70)60-56-52-48-44-40-36-32-28-26-25-27-31-34-38-42-46-50-54-58-64(4)7-3/h64-65H,5-63H2,1-4H3/t64?,65-/m1/s1. The van der Waals surface area contributed by atoms with Crippen LogP contribution in [0.2, 0.25) is 0 Å². The van der Waals surface area contributed by atoms with Gasteiger partial charge < -0.3 is 14.2 Å². The Labute approximate surface area is 463 Å². The first-order valence-electron chi connectivity index (χ1n) is 33.9. The topological polar surface area (TPSA) is 78.9 Å². The zero-order valence-electron chi connectivity index (χ0n) is 50.8. The quantitative estimate of drug-likeness (QED) is 0.0343.